The van der Waals surface area contributed by atoms with Gasteiger partial charge in [0.25, 0.3) is 0 Å². The lowest BCUT2D eigenvalue weighted by Crippen LogP contribution is -2.47. The Morgan fingerprint density at radius 2 is 1.66 bits per heavy atom. The van der Waals surface area contributed by atoms with Crippen molar-refractivity contribution < 1.29 is 4.74 Å². The summed E-state index contributed by atoms with van der Waals surface area (Å²) in [6.45, 7) is 7.59. The Bertz CT molecular complexity index is 1090. The van der Waals surface area contributed by atoms with Gasteiger partial charge in [-0.05, 0) is 63.2 Å². The van der Waals surface area contributed by atoms with E-state index in [0.717, 1.165) is 44.2 Å². The van der Waals surface area contributed by atoms with Crippen LogP contribution in [0.25, 0.3) is 0 Å². The summed E-state index contributed by atoms with van der Waals surface area (Å²) in [7, 11) is 4.13. The first-order chi connectivity index (χ1) is 15.5. The van der Waals surface area contributed by atoms with E-state index in [4.69, 9.17) is 9.72 Å². The normalized spacial score (nSPS) is 18.2. The Hall–Kier alpha value is -2.76. The van der Waals surface area contributed by atoms with E-state index < -0.39 is 0 Å². The second-order valence-corrected chi connectivity index (χ2v) is 9.50. The summed E-state index contributed by atoms with van der Waals surface area (Å²) in [5, 5.41) is 0. The highest BCUT2D eigenvalue weighted by atomic mass is 16.5. The summed E-state index contributed by atoms with van der Waals surface area (Å²) in [5.74, 6) is 0.899. The molecule has 5 rings (SSSR count). The van der Waals surface area contributed by atoms with Gasteiger partial charge >= 0.3 is 0 Å². The lowest BCUT2D eigenvalue weighted by atomic mass is 9.73. The number of aromatic nitrogens is 2. The summed E-state index contributed by atoms with van der Waals surface area (Å²) < 4.78 is 5.68. The van der Waals surface area contributed by atoms with E-state index in [2.05, 4.69) is 91.3 Å². The summed E-state index contributed by atoms with van der Waals surface area (Å²) in [6.07, 6.45) is 3.01. The van der Waals surface area contributed by atoms with E-state index in [1.807, 2.05) is 6.20 Å². The van der Waals surface area contributed by atoms with E-state index in [1.54, 1.807) is 0 Å². The molecule has 0 radical (unpaired) electrons. The van der Waals surface area contributed by atoms with Crippen LogP contribution in [0.15, 0.2) is 54.7 Å². The minimum absolute atomic E-state index is 0.0226. The zero-order chi connectivity index (χ0) is 22.3. The van der Waals surface area contributed by atoms with Crippen molar-refractivity contribution >= 4 is 5.69 Å². The third-order valence-electron chi connectivity index (χ3n) is 7.20. The van der Waals surface area contributed by atoms with Crippen LogP contribution in [0.5, 0.6) is 0 Å². The van der Waals surface area contributed by atoms with Crippen molar-refractivity contribution in [1.82, 2.24) is 14.9 Å². The predicted octanol–water partition coefficient (Wildman–Crippen LogP) is 4.29. The molecule has 5 heteroatoms. The van der Waals surface area contributed by atoms with E-state index in [0.29, 0.717) is 0 Å². The monoisotopic (exact) mass is 428 g/mol. The smallest absolute Gasteiger partial charge is 0.145 e. The highest BCUT2D eigenvalue weighted by Gasteiger charge is 2.42. The maximum Gasteiger partial charge on any atom is 0.145 e. The Morgan fingerprint density at radius 3 is 2.25 bits per heavy atom. The van der Waals surface area contributed by atoms with Gasteiger partial charge in [-0.15, -0.1) is 0 Å². The van der Waals surface area contributed by atoms with Gasteiger partial charge in [0.1, 0.15) is 5.82 Å². The maximum absolute atomic E-state index is 5.68. The molecule has 1 atom stereocenters. The van der Waals surface area contributed by atoms with Crippen LogP contribution < -0.4 is 4.90 Å². The highest BCUT2D eigenvalue weighted by molar-refractivity contribution is 5.53. The van der Waals surface area contributed by atoms with E-state index in [1.165, 1.54) is 27.9 Å². The quantitative estimate of drug-likeness (QED) is 0.607. The number of nitrogens with zero attached hydrogens (tertiary/aromatic N) is 4. The van der Waals surface area contributed by atoms with Gasteiger partial charge in [-0.3, -0.25) is 4.90 Å². The number of hydrogen-bond donors (Lipinski definition) is 0. The molecule has 0 saturated carbocycles. The molecular formula is C27H32N4O. The van der Waals surface area contributed by atoms with Crippen LogP contribution >= 0.6 is 0 Å². The summed E-state index contributed by atoms with van der Waals surface area (Å²) in [6, 6.07) is 18.2. The molecule has 1 saturated heterocycles. The lowest BCUT2D eigenvalue weighted by molar-refractivity contribution is -0.0379. The summed E-state index contributed by atoms with van der Waals surface area (Å²) in [4.78, 5) is 14.1. The first-order valence-electron chi connectivity index (χ1n) is 11.5. The second kappa shape index (κ2) is 8.30. The fourth-order valence-corrected chi connectivity index (χ4v) is 4.64. The molecule has 0 bridgehead atoms. The lowest BCUT2D eigenvalue weighted by Gasteiger charge is -2.43. The van der Waals surface area contributed by atoms with Gasteiger partial charge in [-0.1, -0.05) is 42.0 Å². The summed E-state index contributed by atoms with van der Waals surface area (Å²) in [5.41, 5.74) is 7.62. The standard InChI is InChI=1S/C27H32N4O/c1-19-5-7-22(8-6-19)27(17-32-18-27)23-9-11-24(12-10-23)31-14-13-21-15-28-26(20(2)30(3)4)29-25(21)16-31/h5-12,15,20H,13-14,16-18H2,1-4H3. The molecule has 0 spiro atoms. The van der Waals surface area contributed by atoms with Crippen LogP contribution in [0.2, 0.25) is 0 Å². The number of fused-ring (bicyclic) bond motifs is 1. The van der Waals surface area contributed by atoms with Crippen molar-refractivity contribution in [3.05, 3.63) is 88.5 Å². The molecule has 1 unspecified atom stereocenters. The van der Waals surface area contributed by atoms with Crippen molar-refractivity contribution in [2.24, 2.45) is 0 Å². The first-order valence-corrected chi connectivity index (χ1v) is 11.5. The molecule has 166 valence electrons. The molecule has 2 aliphatic rings. The minimum Gasteiger partial charge on any atom is -0.379 e. The van der Waals surface area contributed by atoms with Crippen LogP contribution in [-0.2, 0) is 23.1 Å². The van der Waals surface area contributed by atoms with Gasteiger partial charge < -0.3 is 9.64 Å². The van der Waals surface area contributed by atoms with Crippen molar-refractivity contribution in [2.45, 2.75) is 38.3 Å². The molecule has 1 aromatic heterocycles. The Labute approximate surface area is 191 Å². The number of benzene rings is 2. The molecule has 0 N–H and O–H groups in total. The van der Waals surface area contributed by atoms with Crippen LogP contribution in [0.4, 0.5) is 5.69 Å². The fraction of sp³-hybridized carbons (Fsp3) is 0.407. The molecule has 1 fully saturated rings. The largest absolute Gasteiger partial charge is 0.379 e. The number of hydrogen-bond acceptors (Lipinski definition) is 5. The molecule has 0 aliphatic carbocycles. The van der Waals surface area contributed by atoms with Gasteiger partial charge in [0, 0.05) is 18.4 Å². The van der Waals surface area contributed by atoms with Crippen molar-refractivity contribution in [3.63, 3.8) is 0 Å². The summed E-state index contributed by atoms with van der Waals surface area (Å²) >= 11 is 0. The Balaban J connectivity index is 1.37. The molecule has 0 amide bonds. The van der Waals surface area contributed by atoms with Crippen LogP contribution in [0.1, 0.15) is 46.7 Å². The van der Waals surface area contributed by atoms with Crippen LogP contribution in [-0.4, -0.2) is 48.7 Å². The second-order valence-electron chi connectivity index (χ2n) is 9.50. The van der Waals surface area contributed by atoms with E-state index in [9.17, 15) is 0 Å². The Morgan fingerprint density at radius 1 is 1.00 bits per heavy atom. The molecule has 3 heterocycles. The van der Waals surface area contributed by atoms with Crippen LogP contribution in [0.3, 0.4) is 0 Å². The van der Waals surface area contributed by atoms with Gasteiger partial charge in [-0.2, -0.15) is 0 Å². The van der Waals surface area contributed by atoms with E-state index in [-0.39, 0.29) is 11.5 Å². The van der Waals surface area contributed by atoms with Gasteiger partial charge in [-0.25, -0.2) is 9.97 Å². The van der Waals surface area contributed by atoms with Crippen LogP contribution in [0, 0.1) is 6.92 Å². The number of anilines is 1. The molecule has 5 nitrogen and oxygen atoms in total. The average molecular weight is 429 g/mol. The fourth-order valence-electron chi connectivity index (χ4n) is 4.64. The average Bonchev–Trinajstić information content (AvgIpc) is 2.79. The number of aryl methyl sites for hydroxylation is 1. The van der Waals surface area contributed by atoms with E-state index >= 15 is 0 Å². The molecule has 32 heavy (non-hydrogen) atoms. The highest BCUT2D eigenvalue weighted by Crippen LogP contribution is 2.40. The van der Waals surface area contributed by atoms with Crippen molar-refractivity contribution in [1.29, 1.82) is 0 Å². The van der Waals surface area contributed by atoms with Gasteiger partial charge in [0.2, 0.25) is 0 Å². The minimum atomic E-state index is -0.0226. The zero-order valence-corrected chi connectivity index (χ0v) is 19.5. The molecule has 2 aromatic carbocycles. The van der Waals surface area contributed by atoms with Gasteiger partial charge in [0.05, 0.1) is 36.9 Å². The molecular weight excluding hydrogens is 396 g/mol. The SMILES string of the molecule is Cc1ccc(C2(c3ccc(N4CCc5cnc(C(C)N(C)C)nc5C4)cc3)COC2)cc1. The van der Waals surface area contributed by atoms with Crippen molar-refractivity contribution in [3.8, 4) is 0 Å². The topological polar surface area (TPSA) is 41.5 Å². The predicted molar refractivity (Wildman–Crippen MR) is 128 cm³/mol. The molecule has 3 aromatic rings. The number of rotatable bonds is 5. The maximum atomic E-state index is 5.68. The molecule has 2 aliphatic heterocycles. The Kier molecular flexibility index (Phi) is 5.48. The van der Waals surface area contributed by atoms with Crippen molar-refractivity contribution in [2.75, 3.05) is 38.8 Å². The first kappa shape index (κ1) is 21.1. The zero-order valence-electron chi connectivity index (χ0n) is 19.5. The van der Waals surface area contributed by atoms with Gasteiger partial charge in [0.15, 0.2) is 0 Å². The number of ether oxygens (including phenoxy) is 1. The third kappa shape index (κ3) is 3.70. The third-order valence-corrected chi connectivity index (χ3v) is 7.20.